The van der Waals surface area contributed by atoms with Crippen LogP contribution < -0.4 is 0 Å². The molecular formula is C27H39La. The molecule has 0 spiro atoms. The predicted octanol–water partition coefficient (Wildman–Crippen LogP) is 8.82. The number of unbranched alkanes of at least 4 members (excludes halogenated alkanes) is 3. The Labute approximate surface area is 185 Å². The molecule has 0 heterocycles. The van der Waals surface area contributed by atoms with Gasteiger partial charge in [-0.1, -0.05) is 0 Å². The van der Waals surface area contributed by atoms with Crippen molar-refractivity contribution in [3.05, 3.63) is 59.1 Å². The zero-order chi connectivity index (χ0) is 19.8. The summed E-state index contributed by atoms with van der Waals surface area (Å²) >= 11 is -2.32. The van der Waals surface area contributed by atoms with Gasteiger partial charge in [0.15, 0.2) is 0 Å². The van der Waals surface area contributed by atoms with Crippen molar-refractivity contribution >= 4 is 0 Å². The third-order valence-electron chi connectivity index (χ3n) is 6.65. The van der Waals surface area contributed by atoms with Crippen LogP contribution in [0.15, 0.2) is 59.1 Å². The molecule has 0 bridgehead atoms. The fourth-order valence-corrected chi connectivity index (χ4v) is 18.3. The van der Waals surface area contributed by atoms with Crippen molar-refractivity contribution in [2.24, 2.45) is 0 Å². The Morgan fingerprint density at radius 2 is 0.893 bits per heavy atom. The Hall–Kier alpha value is -0.365. The van der Waals surface area contributed by atoms with Gasteiger partial charge < -0.3 is 0 Å². The van der Waals surface area contributed by atoms with Crippen LogP contribution in [0.5, 0.6) is 0 Å². The quantitative estimate of drug-likeness (QED) is 0.250. The Kier molecular flexibility index (Phi) is 9.35. The van der Waals surface area contributed by atoms with Crippen molar-refractivity contribution in [2.45, 2.75) is 97.8 Å². The first kappa shape index (κ1) is 22.3. The summed E-state index contributed by atoms with van der Waals surface area (Å²) in [6.45, 7) is 7.00. The molecule has 1 heteroatoms. The van der Waals surface area contributed by atoms with Gasteiger partial charge in [-0.2, -0.15) is 0 Å². The third-order valence-corrected chi connectivity index (χ3v) is 18.9. The molecule has 0 atom stereocenters. The standard InChI is InChI=1S/3C9H13.La/c3*1-2-3-6-9-7-4-5-8-9;/h3*4,7H,2-3,5-6H2,1H3;. The monoisotopic (exact) mass is 502 g/mol. The maximum atomic E-state index is 2.50. The van der Waals surface area contributed by atoms with Crippen molar-refractivity contribution in [3.8, 4) is 0 Å². The zero-order valence-corrected chi connectivity index (χ0v) is 22.2. The maximum absolute atomic E-state index is 2.50. The van der Waals surface area contributed by atoms with Gasteiger partial charge in [-0.25, -0.2) is 0 Å². The molecule has 0 N–H and O–H groups in total. The van der Waals surface area contributed by atoms with Crippen LogP contribution in [0.3, 0.4) is 0 Å². The van der Waals surface area contributed by atoms with Crippen molar-refractivity contribution in [2.75, 3.05) is 0 Å². The Morgan fingerprint density at radius 3 is 1.18 bits per heavy atom. The molecule has 0 saturated heterocycles. The number of hydrogen-bond donors (Lipinski definition) is 0. The summed E-state index contributed by atoms with van der Waals surface area (Å²) in [7, 11) is 0. The van der Waals surface area contributed by atoms with E-state index in [2.05, 4.69) is 57.2 Å². The SMILES string of the molecule is CCCCC1=[C]([La]([C]2=C(CCCC)C=CC2)[C]2=C(CCCC)C=CC2)CC=C1. The molecule has 0 radical (unpaired) electrons. The number of allylic oxidation sites excluding steroid dienone is 12. The Morgan fingerprint density at radius 1 is 0.571 bits per heavy atom. The van der Waals surface area contributed by atoms with Gasteiger partial charge >= 0.3 is 187 Å². The van der Waals surface area contributed by atoms with Gasteiger partial charge in [0.1, 0.15) is 0 Å². The summed E-state index contributed by atoms with van der Waals surface area (Å²) in [5, 5.41) is 0. The van der Waals surface area contributed by atoms with Crippen molar-refractivity contribution in [3.63, 3.8) is 0 Å². The average Bonchev–Trinajstić information content (AvgIpc) is 3.46. The van der Waals surface area contributed by atoms with Crippen molar-refractivity contribution in [1.29, 1.82) is 0 Å². The number of hydrogen-bond acceptors (Lipinski definition) is 0. The molecule has 0 saturated carbocycles. The molecule has 0 unspecified atom stereocenters. The summed E-state index contributed by atoms with van der Waals surface area (Å²) in [5.41, 5.74) is 5.24. The second kappa shape index (κ2) is 11.7. The molecule has 0 aromatic heterocycles. The normalized spacial score (nSPS) is 18.5. The average molecular weight is 503 g/mol. The van der Waals surface area contributed by atoms with Crippen LogP contribution in [-0.2, 0) is 0 Å². The van der Waals surface area contributed by atoms with Crippen LogP contribution in [0.25, 0.3) is 0 Å². The molecule has 0 aromatic carbocycles. The molecule has 3 rings (SSSR count). The summed E-state index contributed by atoms with van der Waals surface area (Å²) < 4.78 is 5.86. The van der Waals surface area contributed by atoms with Gasteiger partial charge in [0.25, 0.3) is 0 Å². The van der Waals surface area contributed by atoms with Crippen LogP contribution in [0, 0.1) is 30.0 Å². The minimum atomic E-state index is -2.32. The molecular weight excluding hydrogens is 463 g/mol. The second-order valence-electron chi connectivity index (χ2n) is 8.71. The third kappa shape index (κ3) is 5.41. The second-order valence-corrected chi connectivity index (χ2v) is 18.0. The first-order valence-electron chi connectivity index (χ1n) is 11.9. The topological polar surface area (TPSA) is 0 Å². The van der Waals surface area contributed by atoms with E-state index in [1.54, 1.807) is 16.7 Å². The molecule has 0 fully saturated rings. The van der Waals surface area contributed by atoms with Gasteiger partial charge in [0.05, 0.1) is 0 Å². The summed E-state index contributed by atoms with van der Waals surface area (Å²) in [4.78, 5) is 0. The summed E-state index contributed by atoms with van der Waals surface area (Å²) in [6, 6.07) is 0. The summed E-state index contributed by atoms with van der Waals surface area (Å²) in [5.74, 6) is 0. The molecule has 3 aliphatic rings. The van der Waals surface area contributed by atoms with Gasteiger partial charge in [-0.3, -0.25) is 0 Å². The molecule has 150 valence electrons. The van der Waals surface area contributed by atoms with E-state index in [0.29, 0.717) is 0 Å². The fourth-order valence-electron chi connectivity index (χ4n) is 5.07. The molecule has 0 aliphatic heterocycles. The van der Waals surface area contributed by atoms with Crippen LogP contribution in [0.2, 0.25) is 0 Å². The van der Waals surface area contributed by atoms with Crippen molar-refractivity contribution < 1.29 is 30.0 Å². The van der Waals surface area contributed by atoms with Crippen LogP contribution in [0.1, 0.15) is 97.8 Å². The van der Waals surface area contributed by atoms with E-state index in [-0.39, 0.29) is 0 Å². The van der Waals surface area contributed by atoms with E-state index < -0.39 is 30.0 Å². The van der Waals surface area contributed by atoms with E-state index in [0.717, 1.165) is 0 Å². The first-order valence-corrected chi connectivity index (χ1v) is 17.4. The van der Waals surface area contributed by atoms with Gasteiger partial charge in [0, 0.05) is 0 Å². The molecule has 28 heavy (non-hydrogen) atoms. The summed E-state index contributed by atoms with van der Waals surface area (Å²) in [6.07, 6.45) is 30.7. The molecule has 3 aliphatic carbocycles. The van der Waals surface area contributed by atoms with E-state index in [1.807, 2.05) is 5.93 Å². The molecule has 0 amide bonds. The van der Waals surface area contributed by atoms with Gasteiger partial charge in [-0.05, 0) is 0 Å². The Balaban J connectivity index is 2.00. The first-order chi connectivity index (χ1) is 13.8. The van der Waals surface area contributed by atoms with Crippen molar-refractivity contribution in [1.82, 2.24) is 0 Å². The van der Waals surface area contributed by atoms with Gasteiger partial charge in [-0.15, -0.1) is 0 Å². The van der Waals surface area contributed by atoms with Crippen LogP contribution in [0.4, 0.5) is 0 Å². The van der Waals surface area contributed by atoms with Crippen LogP contribution >= 0.6 is 0 Å². The van der Waals surface area contributed by atoms with Crippen LogP contribution in [-0.4, -0.2) is 0 Å². The van der Waals surface area contributed by atoms with E-state index in [9.17, 15) is 0 Å². The van der Waals surface area contributed by atoms with Gasteiger partial charge in [0.2, 0.25) is 0 Å². The zero-order valence-electron chi connectivity index (χ0n) is 18.5. The Bertz CT molecular complexity index is 624. The molecule has 0 nitrogen and oxygen atoms in total. The number of rotatable bonds is 12. The van der Waals surface area contributed by atoms with E-state index in [4.69, 9.17) is 0 Å². The minimum absolute atomic E-state index is 1.26. The van der Waals surface area contributed by atoms with E-state index in [1.165, 1.54) is 77.0 Å². The molecule has 0 aromatic rings. The van der Waals surface area contributed by atoms with E-state index >= 15 is 0 Å². The fraction of sp³-hybridized carbons (Fsp3) is 0.556. The predicted molar refractivity (Wildman–Crippen MR) is 121 cm³/mol.